The number of methoxy groups -OCH3 is 1. The highest BCUT2D eigenvalue weighted by Crippen LogP contribution is 2.33. The second-order valence-corrected chi connectivity index (χ2v) is 6.29. The number of ether oxygens (including phenoxy) is 1. The van der Waals surface area contributed by atoms with E-state index < -0.39 is 6.17 Å². The Bertz CT molecular complexity index is 965. The number of imidazole rings is 1. The fourth-order valence-corrected chi connectivity index (χ4v) is 3.17. The molecule has 0 aliphatic carbocycles. The molecule has 9 heteroatoms. The van der Waals surface area contributed by atoms with Crippen LogP contribution in [0.1, 0.15) is 6.42 Å². The van der Waals surface area contributed by atoms with Crippen molar-refractivity contribution in [2.75, 3.05) is 25.5 Å². The number of hydrogen-bond acceptors (Lipinski definition) is 4. The smallest absolute Gasteiger partial charge is 0.324 e. The molecule has 4 rings (SSSR count). The van der Waals surface area contributed by atoms with Crippen molar-refractivity contribution in [1.82, 2.24) is 24.6 Å². The van der Waals surface area contributed by atoms with Gasteiger partial charge in [-0.3, -0.25) is 10.00 Å². The topological polar surface area (TPSA) is 88.1 Å². The summed E-state index contributed by atoms with van der Waals surface area (Å²) >= 11 is 0. The van der Waals surface area contributed by atoms with Crippen molar-refractivity contribution in [2.24, 2.45) is 7.05 Å². The first-order valence-corrected chi connectivity index (χ1v) is 8.31. The van der Waals surface area contributed by atoms with Crippen molar-refractivity contribution in [2.45, 2.75) is 12.6 Å². The minimum Gasteiger partial charge on any atom is -0.494 e. The van der Waals surface area contributed by atoms with Gasteiger partial charge in [-0.05, 0) is 18.6 Å². The summed E-state index contributed by atoms with van der Waals surface area (Å²) in [5.41, 5.74) is 3.12. The van der Waals surface area contributed by atoms with Crippen LogP contribution in [-0.4, -0.2) is 57.1 Å². The monoisotopic (exact) mass is 358 g/mol. The van der Waals surface area contributed by atoms with Crippen LogP contribution >= 0.6 is 0 Å². The summed E-state index contributed by atoms with van der Waals surface area (Å²) < 4.78 is 20.4. The second-order valence-electron chi connectivity index (χ2n) is 6.29. The zero-order valence-electron chi connectivity index (χ0n) is 14.5. The molecule has 1 saturated heterocycles. The first-order valence-electron chi connectivity index (χ1n) is 8.31. The lowest BCUT2D eigenvalue weighted by atomic mass is 10.1. The largest absolute Gasteiger partial charge is 0.494 e. The average molecular weight is 358 g/mol. The van der Waals surface area contributed by atoms with Crippen LogP contribution in [0.15, 0.2) is 24.5 Å². The van der Waals surface area contributed by atoms with Crippen LogP contribution in [0.25, 0.3) is 22.2 Å². The third kappa shape index (κ3) is 2.85. The molecule has 0 radical (unpaired) electrons. The Morgan fingerprint density at radius 2 is 2.31 bits per heavy atom. The maximum atomic E-state index is 13.3. The molecule has 136 valence electrons. The van der Waals surface area contributed by atoms with Crippen molar-refractivity contribution >= 4 is 23.0 Å². The van der Waals surface area contributed by atoms with E-state index in [0.29, 0.717) is 35.7 Å². The highest BCUT2D eigenvalue weighted by atomic mass is 19.1. The molecule has 26 heavy (non-hydrogen) atoms. The fraction of sp³-hybridized carbons (Fsp3) is 0.353. The van der Waals surface area contributed by atoms with Crippen LogP contribution in [0.3, 0.4) is 0 Å². The van der Waals surface area contributed by atoms with Crippen LogP contribution in [-0.2, 0) is 7.05 Å². The zero-order chi connectivity index (χ0) is 18.3. The molecule has 2 N–H and O–H groups in total. The lowest BCUT2D eigenvalue weighted by molar-refractivity contribution is 0.217. The van der Waals surface area contributed by atoms with Crippen LogP contribution < -0.4 is 10.1 Å². The molecule has 3 aromatic rings. The Labute approximate surface area is 149 Å². The number of carbonyl (C=O) groups is 1. The van der Waals surface area contributed by atoms with E-state index in [1.54, 1.807) is 18.0 Å². The van der Waals surface area contributed by atoms with Crippen molar-refractivity contribution in [3.63, 3.8) is 0 Å². The molecular formula is C17H19FN6O2. The van der Waals surface area contributed by atoms with Gasteiger partial charge in [0.2, 0.25) is 5.95 Å². The lowest BCUT2D eigenvalue weighted by Crippen LogP contribution is -2.33. The van der Waals surface area contributed by atoms with Gasteiger partial charge in [-0.15, -0.1) is 0 Å². The molecule has 0 unspecified atom stereocenters. The number of aromatic amines is 1. The van der Waals surface area contributed by atoms with Gasteiger partial charge in [-0.25, -0.2) is 14.2 Å². The number of benzene rings is 1. The van der Waals surface area contributed by atoms with Gasteiger partial charge >= 0.3 is 6.03 Å². The van der Waals surface area contributed by atoms with E-state index in [4.69, 9.17) is 4.74 Å². The van der Waals surface area contributed by atoms with Crippen molar-refractivity contribution in [3.8, 4) is 16.9 Å². The molecule has 1 atom stereocenters. The summed E-state index contributed by atoms with van der Waals surface area (Å²) in [7, 11) is 3.41. The number of halogens is 1. The van der Waals surface area contributed by atoms with Crippen molar-refractivity contribution in [1.29, 1.82) is 0 Å². The SMILES string of the molecule is COc1ccc(-c2cnn(C)c2)c2nc(NC(=O)N3CC[C@H](F)C3)[nH]c12. The number of carbonyl (C=O) groups excluding carboxylic acids is 1. The van der Waals surface area contributed by atoms with Gasteiger partial charge in [0.1, 0.15) is 23.0 Å². The number of nitrogens with zero attached hydrogens (tertiary/aromatic N) is 4. The third-order valence-corrected chi connectivity index (χ3v) is 4.49. The van der Waals surface area contributed by atoms with Gasteiger partial charge in [0.15, 0.2) is 0 Å². The van der Waals surface area contributed by atoms with Crippen LogP contribution in [0, 0.1) is 0 Å². The quantitative estimate of drug-likeness (QED) is 0.753. The van der Waals surface area contributed by atoms with Crippen molar-refractivity contribution < 1.29 is 13.9 Å². The number of H-pyrrole nitrogens is 1. The molecule has 1 aliphatic heterocycles. The Morgan fingerprint density at radius 3 is 2.96 bits per heavy atom. The maximum Gasteiger partial charge on any atom is 0.324 e. The molecule has 8 nitrogen and oxygen atoms in total. The summed E-state index contributed by atoms with van der Waals surface area (Å²) in [4.78, 5) is 21.3. The van der Waals surface area contributed by atoms with Crippen molar-refractivity contribution in [3.05, 3.63) is 24.5 Å². The summed E-state index contributed by atoms with van der Waals surface area (Å²) in [5.74, 6) is 0.910. The Hall–Kier alpha value is -3.10. The van der Waals surface area contributed by atoms with Gasteiger partial charge in [0.25, 0.3) is 0 Å². The number of nitrogens with one attached hydrogen (secondary N) is 2. The summed E-state index contributed by atoms with van der Waals surface area (Å²) in [6.07, 6.45) is 3.04. The lowest BCUT2D eigenvalue weighted by Gasteiger charge is -2.14. The number of alkyl halides is 1. The molecule has 0 saturated carbocycles. The van der Waals surface area contributed by atoms with E-state index in [2.05, 4.69) is 20.4 Å². The number of aromatic nitrogens is 4. The average Bonchev–Trinajstić information content (AvgIpc) is 3.33. The normalized spacial score (nSPS) is 17.0. The highest BCUT2D eigenvalue weighted by molar-refractivity contribution is 5.98. The molecule has 2 amide bonds. The van der Waals surface area contributed by atoms with Crippen LogP contribution in [0.5, 0.6) is 5.75 Å². The zero-order valence-corrected chi connectivity index (χ0v) is 14.5. The first kappa shape index (κ1) is 16.4. The van der Waals surface area contributed by atoms with E-state index >= 15 is 0 Å². The van der Waals surface area contributed by atoms with Gasteiger partial charge in [-0.2, -0.15) is 5.10 Å². The standard InChI is InChI=1S/C17H19FN6O2/c1-23-8-10(7-19-23)12-3-4-13(26-2)15-14(12)20-16(21-15)22-17(25)24-6-5-11(18)9-24/h3-4,7-8,11H,5-6,9H2,1-2H3,(H2,20,21,22,25)/t11-/m0/s1. The number of amides is 2. The molecule has 1 aromatic carbocycles. The van der Waals surface area contributed by atoms with E-state index in [-0.39, 0.29) is 12.6 Å². The Morgan fingerprint density at radius 1 is 1.46 bits per heavy atom. The number of aryl methyl sites for hydroxylation is 1. The van der Waals surface area contributed by atoms with Gasteiger partial charge in [-0.1, -0.05) is 0 Å². The summed E-state index contributed by atoms with van der Waals surface area (Å²) in [6, 6.07) is 3.37. The minimum atomic E-state index is -0.964. The summed E-state index contributed by atoms with van der Waals surface area (Å²) in [6.45, 7) is 0.508. The number of likely N-dealkylation sites (tertiary alicyclic amines) is 1. The predicted molar refractivity (Wildman–Crippen MR) is 95.0 cm³/mol. The molecule has 0 spiro atoms. The number of urea groups is 1. The fourth-order valence-electron chi connectivity index (χ4n) is 3.17. The molecular weight excluding hydrogens is 339 g/mol. The molecule has 1 aliphatic rings. The first-order chi connectivity index (χ1) is 12.5. The minimum absolute atomic E-state index is 0.107. The third-order valence-electron chi connectivity index (χ3n) is 4.49. The Kier molecular flexibility index (Phi) is 3.98. The summed E-state index contributed by atoms with van der Waals surface area (Å²) in [5, 5.41) is 6.90. The van der Waals surface area contributed by atoms with Gasteiger partial charge < -0.3 is 14.6 Å². The van der Waals surface area contributed by atoms with Crippen LogP contribution in [0.4, 0.5) is 15.1 Å². The van der Waals surface area contributed by atoms with E-state index in [9.17, 15) is 9.18 Å². The van der Waals surface area contributed by atoms with Gasteiger partial charge in [0.05, 0.1) is 19.9 Å². The number of fused-ring (bicyclic) bond motifs is 1. The highest BCUT2D eigenvalue weighted by Gasteiger charge is 2.26. The number of hydrogen-bond donors (Lipinski definition) is 2. The van der Waals surface area contributed by atoms with Gasteiger partial charge in [0, 0.05) is 30.9 Å². The molecule has 0 bridgehead atoms. The Balaban J connectivity index is 1.70. The number of rotatable bonds is 3. The molecule has 2 aromatic heterocycles. The van der Waals surface area contributed by atoms with E-state index in [1.807, 2.05) is 25.4 Å². The van der Waals surface area contributed by atoms with Crippen LogP contribution in [0.2, 0.25) is 0 Å². The maximum absolute atomic E-state index is 13.3. The molecule has 3 heterocycles. The van der Waals surface area contributed by atoms with E-state index in [0.717, 1.165) is 11.1 Å². The number of anilines is 1. The van der Waals surface area contributed by atoms with E-state index in [1.165, 1.54) is 4.90 Å². The molecule has 1 fully saturated rings. The second kappa shape index (κ2) is 6.32. The predicted octanol–water partition coefficient (Wildman–Crippen LogP) is 2.55.